The van der Waals surface area contributed by atoms with E-state index in [4.69, 9.17) is 10.6 Å². The molecule has 6 heteroatoms. The summed E-state index contributed by atoms with van der Waals surface area (Å²) in [5.41, 5.74) is 7.71. The minimum Gasteiger partial charge on any atom is -0.389 e. The van der Waals surface area contributed by atoms with E-state index in [-0.39, 0.29) is 0 Å². The topological polar surface area (TPSA) is 73.4 Å². The highest BCUT2D eigenvalue weighted by Gasteiger charge is 2.13. The molecule has 1 aromatic carbocycles. The Labute approximate surface area is 144 Å². The van der Waals surface area contributed by atoms with Crippen LogP contribution in [0.3, 0.4) is 0 Å². The minimum absolute atomic E-state index is 0.371. The molecule has 1 saturated carbocycles. The third kappa shape index (κ3) is 3.06. The Morgan fingerprint density at radius 2 is 2.04 bits per heavy atom. The van der Waals surface area contributed by atoms with Crippen LogP contribution in [0.5, 0.6) is 0 Å². The highest BCUT2D eigenvalue weighted by atomic mass is 32.1. The molecule has 0 unspecified atom stereocenters. The van der Waals surface area contributed by atoms with E-state index in [1.807, 2.05) is 30.5 Å². The van der Waals surface area contributed by atoms with Gasteiger partial charge in [-0.3, -0.25) is 0 Å². The largest absolute Gasteiger partial charge is 0.389 e. The van der Waals surface area contributed by atoms with Gasteiger partial charge in [-0.25, -0.2) is 9.97 Å². The summed E-state index contributed by atoms with van der Waals surface area (Å²) in [5.74, 6) is 1.04. The Morgan fingerprint density at radius 1 is 1.21 bits per heavy atom. The second-order valence-electron chi connectivity index (χ2n) is 6.23. The number of anilines is 1. The fourth-order valence-electron chi connectivity index (χ4n) is 3.23. The zero-order valence-electron chi connectivity index (χ0n) is 13.4. The van der Waals surface area contributed by atoms with Crippen molar-refractivity contribution in [1.82, 2.24) is 9.97 Å². The van der Waals surface area contributed by atoms with Crippen LogP contribution in [0, 0.1) is 5.92 Å². The van der Waals surface area contributed by atoms with Crippen molar-refractivity contribution >= 4 is 44.5 Å². The minimum atomic E-state index is 0.371. The fraction of sp³-hybridized carbons (Fsp3) is 0.389. The molecular formula is C18H20N4OS. The standard InChI is InChI=1S/C18H20N4OS/c19-18-16-17(13-8-4-5-9-14(13)21-18)24-15(22-16)11-23-20-10-12-6-2-1-3-7-12/h4-5,8-10,12H,1-3,6-7,11H2,(H2,19,21)/b20-10+. The Morgan fingerprint density at radius 3 is 2.92 bits per heavy atom. The molecule has 0 aliphatic heterocycles. The number of oxime groups is 1. The van der Waals surface area contributed by atoms with Crippen molar-refractivity contribution in [2.75, 3.05) is 5.73 Å². The molecular weight excluding hydrogens is 320 g/mol. The summed E-state index contributed by atoms with van der Waals surface area (Å²) < 4.78 is 1.06. The molecule has 24 heavy (non-hydrogen) atoms. The summed E-state index contributed by atoms with van der Waals surface area (Å²) in [6.07, 6.45) is 8.35. The van der Waals surface area contributed by atoms with Gasteiger partial charge in [0.1, 0.15) is 10.5 Å². The van der Waals surface area contributed by atoms with E-state index in [1.54, 1.807) is 11.3 Å². The summed E-state index contributed by atoms with van der Waals surface area (Å²) in [7, 11) is 0. The van der Waals surface area contributed by atoms with Crippen molar-refractivity contribution in [3.63, 3.8) is 0 Å². The number of hydrogen-bond donors (Lipinski definition) is 1. The molecule has 0 atom stereocenters. The Balaban J connectivity index is 1.51. The Hall–Kier alpha value is -2.21. The van der Waals surface area contributed by atoms with Gasteiger partial charge in [0.25, 0.3) is 0 Å². The molecule has 1 fully saturated rings. The first-order valence-electron chi connectivity index (χ1n) is 8.40. The molecule has 2 heterocycles. The number of rotatable bonds is 4. The van der Waals surface area contributed by atoms with E-state index in [9.17, 15) is 0 Å². The lowest BCUT2D eigenvalue weighted by atomic mass is 9.90. The van der Waals surface area contributed by atoms with Crippen molar-refractivity contribution in [1.29, 1.82) is 0 Å². The Kier molecular flexibility index (Phi) is 4.30. The van der Waals surface area contributed by atoms with E-state index in [0.29, 0.717) is 18.3 Å². The number of benzene rings is 1. The molecule has 2 N–H and O–H groups in total. The third-order valence-corrected chi connectivity index (χ3v) is 5.55. The molecule has 2 aromatic heterocycles. The van der Waals surface area contributed by atoms with Gasteiger partial charge in [0, 0.05) is 11.6 Å². The van der Waals surface area contributed by atoms with Crippen LogP contribution in [0.25, 0.3) is 21.1 Å². The van der Waals surface area contributed by atoms with Crippen LogP contribution in [0.2, 0.25) is 0 Å². The van der Waals surface area contributed by atoms with Crippen molar-refractivity contribution in [3.05, 3.63) is 29.3 Å². The lowest BCUT2D eigenvalue weighted by Crippen LogP contribution is -2.07. The van der Waals surface area contributed by atoms with E-state index in [1.165, 1.54) is 32.1 Å². The number of nitrogen functional groups attached to an aromatic ring is 1. The number of aromatic nitrogens is 2. The van der Waals surface area contributed by atoms with Crippen molar-refractivity contribution in [2.24, 2.45) is 11.1 Å². The van der Waals surface area contributed by atoms with Gasteiger partial charge in [-0.05, 0) is 24.8 Å². The van der Waals surface area contributed by atoms with Gasteiger partial charge >= 0.3 is 0 Å². The molecule has 0 saturated heterocycles. The SMILES string of the molecule is Nc1nc2ccccc2c2sc(CO/N=C/C3CCCCC3)nc12. The molecule has 0 radical (unpaired) electrons. The van der Waals surface area contributed by atoms with Crippen LogP contribution in [0.15, 0.2) is 29.4 Å². The van der Waals surface area contributed by atoms with Gasteiger partial charge in [0.15, 0.2) is 12.4 Å². The number of thiazole rings is 1. The lowest BCUT2D eigenvalue weighted by molar-refractivity contribution is 0.130. The molecule has 5 nitrogen and oxygen atoms in total. The van der Waals surface area contributed by atoms with Gasteiger partial charge in [-0.15, -0.1) is 11.3 Å². The quantitative estimate of drug-likeness (QED) is 0.560. The Bertz CT molecular complexity index is 883. The first-order valence-corrected chi connectivity index (χ1v) is 9.22. The summed E-state index contributed by atoms with van der Waals surface area (Å²) in [4.78, 5) is 14.5. The molecule has 0 bridgehead atoms. The number of para-hydroxylation sites is 1. The molecule has 124 valence electrons. The van der Waals surface area contributed by atoms with Gasteiger partial charge in [-0.1, -0.05) is 42.6 Å². The summed E-state index contributed by atoms with van der Waals surface area (Å²) in [6, 6.07) is 7.99. The average molecular weight is 340 g/mol. The van der Waals surface area contributed by atoms with E-state index >= 15 is 0 Å². The predicted molar refractivity (Wildman–Crippen MR) is 99.2 cm³/mol. The molecule has 3 aromatic rings. The average Bonchev–Trinajstić information content (AvgIpc) is 3.05. The van der Waals surface area contributed by atoms with Crippen LogP contribution in [-0.4, -0.2) is 16.2 Å². The van der Waals surface area contributed by atoms with Gasteiger partial charge in [-0.2, -0.15) is 0 Å². The highest BCUT2D eigenvalue weighted by molar-refractivity contribution is 7.19. The van der Waals surface area contributed by atoms with Crippen molar-refractivity contribution in [2.45, 2.75) is 38.7 Å². The second kappa shape index (κ2) is 6.73. The van der Waals surface area contributed by atoms with E-state index in [2.05, 4.69) is 15.1 Å². The summed E-state index contributed by atoms with van der Waals surface area (Å²) in [5, 5.41) is 6.09. The first-order chi connectivity index (χ1) is 11.8. The van der Waals surface area contributed by atoms with Crippen LogP contribution in [0.1, 0.15) is 37.1 Å². The zero-order chi connectivity index (χ0) is 16.4. The number of hydrogen-bond acceptors (Lipinski definition) is 6. The number of pyridine rings is 1. The van der Waals surface area contributed by atoms with E-state index in [0.717, 1.165) is 26.1 Å². The summed E-state index contributed by atoms with van der Waals surface area (Å²) in [6.45, 7) is 0.371. The fourth-order valence-corrected chi connectivity index (χ4v) is 4.25. The zero-order valence-corrected chi connectivity index (χ0v) is 14.3. The summed E-state index contributed by atoms with van der Waals surface area (Å²) >= 11 is 1.60. The molecule has 1 aliphatic rings. The molecule has 4 rings (SSSR count). The maximum atomic E-state index is 6.05. The van der Waals surface area contributed by atoms with Gasteiger partial charge in [0.2, 0.25) is 0 Å². The van der Waals surface area contributed by atoms with E-state index < -0.39 is 0 Å². The smallest absolute Gasteiger partial charge is 0.168 e. The van der Waals surface area contributed by atoms with Gasteiger partial charge in [0.05, 0.1) is 10.2 Å². The van der Waals surface area contributed by atoms with Crippen molar-refractivity contribution < 1.29 is 4.84 Å². The predicted octanol–water partition coefficient (Wildman–Crippen LogP) is 4.51. The third-order valence-electron chi connectivity index (χ3n) is 4.49. The number of fused-ring (bicyclic) bond motifs is 3. The molecule has 0 spiro atoms. The van der Waals surface area contributed by atoms with Crippen molar-refractivity contribution in [3.8, 4) is 0 Å². The normalized spacial score (nSPS) is 16.3. The highest BCUT2D eigenvalue weighted by Crippen LogP contribution is 2.32. The number of nitrogens with zero attached hydrogens (tertiary/aromatic N) is 3. The lowest BCUT2D eigenvalue weighted by Gasteiger charge is -2.16. The van der Waals surface area contributed by atoms with Gasteiger partial charge < -0.3 is 10.6 Å². The molecule has 0 amide bonds. The van der Waals surface area contributed by atoms with Crippen LogP contribution >= 0.6 is 11.3 Å². The maximum absolute atomic E-state index is 6.05. The first kappa shape index (κ1) is 15.3. The number of nitrogens with two attached hydrogens (primary N) is 1. The monoisotopic (exact) mass is 340 g/mol. The molecule has 1 aliphatic carbocycles. The van der Waals surface area contributed by atoms with Crippen LogP contribution < -0.4 is 5.73 Å². The van der Waals surface area contributed by atoms with Crippen LogP contribution in [0.4, 0.5) is 5.82 Å². The van der Waals surface area contributed by atoms with Crippen LogP contribution in [-0.2, 0) is 11.4 Å². The maximum Gasteiger partial charge on any atom is 0.168 e. The second-order valence-corrected chi connectivity index (χ2v) is 7.31.